The Morgan fingerprint density at radius 1 is 1.14 bits per heavy atom. The van der Waals surface area contributed by atoms with Crippen LogP contribution in [0, 0.1) is 6.92 Å². The molecule has 0 amide bonds. The highest BCUT2D eigenvalue weighted by Crippen LogP contribution is 2.26. The summed E-state index contributed by atoms with van der Waals surface area (Å²) in [6.45, 7) is 2.04. The molecule has 146 valence electrons. The van der Waals surface area contributed by atoms with E-state index in [1.807, 2.05) is 25.1 Å². The first-order valence-corrected chi connectivity index (χ1v) is 11.0. The Bertz CT molecular complexity index is 1090. The van der Waals surface area contributed by atoms with Crippen molar-refractivity contribution >= 4 is 20.9 Å². The monoisotopic (exact) mass is 397 g/mol. The zero-order valence-corrected chi connectivity index (χ0v) is 16.6. The molecular formula is C21H23N3O3S. The van der Waals surface area contributed by atoms with E-state index < -0.39 is 10.0 Å². The first kappa shape index (κ1) is 18.8. The van der Waals surface area contributed by atoms with Crippen LogP contribution < -0.4 is 9.46 Å². The van der Waals surface area contributed by atoms with Gasteiger partial charge in [-0.2, -0.15) is 0 Å². The zero-order chi connectivity index (χ0) is 19.6. The number of benzene rings is 1. The van der Waals surface area contributed by atoms with Crippen LogP contribution in [0.15, 0.2) is 53.7 Å². The van der Waals surface area contributed by atoms with E-state index in [-0.39, 0.29) is 17.5 Å². The van der Waals surface area contributed by atoms with Gasteiger partial charge < -0.3 is 4.74 Å². The third-order valence-electron chi connectivity index (χ3n) is 4.98. The number of para-hydroxylation sites is 1. The Balaban J connectivity index is 1.57. The third-order valence-corrected chi connectivity index (χ3v) is 6.42. The van der Waals surface area contributed by atoms with Crippen molar-refractivity contribution in [2.75, 3.05) is 0 Å². The van der Waals surface area contributed by atoms with Crippen molar-refractivity contribution in [3.8, 4) is 5.88 Å². The van der Waals surface area contributed by atoms with Crippen LogP contribution in [0.1, 0.15) is 36.8 Å². The van der Waals surface area contributed by atoms with Gasteiger partial charge in [0.2, 0.25) is 15.9 Å². The summed E-state index contributed by atoms with van der Waals surface area (Å²) in [4.78, 5) is 8.81. The van der Waals surface area contributed by atoms with E-state index in [0.717, 1.165) is 42.2 Å². The molecule has 0 radical (unpaired) electrons. The van der Waals surface area contributed by atoms with Crippen LogP contribution >= 0.6 is 0 Å². The molecule has 7 heteroatoms. The molecule has 0 bridgehead atoms. The number of ether oxygens (including phenoxy) is 1. The number of rotatable bonds is 6. The topological polar surface area (TPSA) is 81.2 Å². The van der Waals surface area contributed by atoms with Gasteiger partial charge in [-0.25, -0.2) is 18.1 Å². The molecule has 2 heterocycles. The molecule has 2 aromatic heterocycles. The fourth-order valence-corrected chi connectivity index (χ4v) is 4.72. The van der Waals surface area contributed by atoms with Crippen LogP contribution in [-0.4, -0.2) is 24.5 Å². The molecule has 1 fully saturated rings. The molecule has 0 unspecified atom stereocenters. The summed E-state index contributed by atoms with van der Waals surface area (Å²) in [7, 11) is -3.74. The zero-order valence-electron chi connectivity index (χ0n) is 15.8. The smallest absolute Gasteiger partial charge is 0.243 e. The Morgan fingerprint density at radius 3 is 2.79 bits per heavy atom. The Morgan fingerprint density at radius 2 is 1.96 bits per heavy atom. The number of aromatic nitrogens is 2. The highest BCUT2D eigenvalue weighted by Gasteiger charge is 2.21. The van der Waals surface area contributed by atoms with Crippen molar-refractivity contribution in [2.24, 2.45) is 0 Å². The highest BCUT2D eigenvalue weighted by molar-refractivity contribution is 7.89. The summed E-state index contributed by atoms with van der Waals surface area (Å²) in [6, 6.07) is 10.7. The molecule has 4 rings (SSSR count). The normalized spacial score (nSPS) is 15.2. The van der Waals surface area contributed by atoms with Crippen LogP contribution in [0.3, 0.4) is 0 Å². The lowest BCUT2D eigenvalue weighted by Crippen LogP contribution is -2.24. The fraction of sp³-hybridized carbons (Fsp3) is 0.333. The number of hydrogen-bond donors (Lipinski definition) is 1. The van der Waals surface area contributed by atoms with Crippen LogP contribution in [0.4, 0.5) is 0 Å². The van der Waals surface area contributed by atoms with Gasteiger partial charge >= 0.3 is 0 Å². The molecule has 1 aromatic carbocycles. The van der Waals surface area contributed by atoms with Crippen molar-refractivity contribution in [2.45, 2.75) is 50.2 Å². The average molecular weight is 398 g/mol. The Labute approximate surface area is 165 Å². The summed E-state index contributed by atoms with van der Waals surface area (Å²) >= 11 is 0. The number of hydrogen-bond acceptors (Lipinski definition) is 5. The fourth-order valence-electron chi connectivity index (χ4n) is 3.54. The molecule has 6 nitrogen and oxygen atoms in total. The molecule has 1 aliphatic rings. The minimum atomic E-state index is -3.74. The largest absolute Gasteiger partial charge is 0.474 e. The summed E-state index contributed by atoms with van der Waals surface area (Å²) in [6.07, 6.45) is 7.86. The molecule has 1 saturated carbocycles. The van der Waals surface area contributed by atoms with Crippen LogP contribution in [-0.2, 0) is 16.6 Å². The van der Waals surface area contributed by atoms with Crippen molar-refractivity contribution in [1.29, 1.82) is 0 Å². The van der Waals surface area contributed by atoms with Gasteiger partial charge in [-0.15, -0.1) is 0 Å². The second kappa shape index (κ2) is 7.85. The van der Waals surface area contributed by atoms with Gasteiger partial charge in [0.25, 0.3) is 0 Å². The van der Waals surface area contributed by atoms with Crippen molar-refractivity contribution in [1.82, 2.24) is 14.7 Å². The lowest BCUT2D eigenvalue weighted by Gasteiger charge is -2.16. The maximum Gasteiger partial charge on any atom is 0.243 e. The molecule has 1 N–H and O–H groups in total. The molecule has 0 aliphatic heterocycles. The van der Waals surface area contributed by atoms with E-state index in [1.54, 1.807) is 30.6 Å². The first-order valence-electron chi connectivity index (χ1n) is 9.48. The molecule has 3 aromatic rings. The van der Waals surface area contributed by atoms with Gasteiger partial charge in [-0.1, -0.05) is 18.2 Å². The standard InChI is InChI=1S/C21H23N3O3S/c1-15-12-16-6-4-10-19(20(16)23-13-15)28(25,26)24-14-17-7-5-11-22-21(17)27-18-8-2-3-9-18/h4-7,10-13,18,24H,2-3,8-9,14H2,1H3. The molecule has 0 saturated heterocycles. The van der Waals surface area contributed by atoms with Crippen LogP contribution in [0.25, 0.3) is 10.9 Å². The second-order valence-electron chi connectivity index (χ2n) is 7.16. The molecule has 0 atom stereocenters. The SMILES string of the molecule is Cc1cnc2c(S(=O)(=O)NCc3cccnc3OC3CCCC3)cccc2c1. The van der Waals surface area contributed by atoms with Crippen molar-refractivity contribution in [3.05, 3.63) is 59.9 Å². The predicted molar refractivity (Wildman–Crippen MR) is 108 cm³/mol. The molecule has 0 spiro atoms. The number of fused-ring (bicyclic) bond motifs is 1. The van der Waals surface area contributed by atoms with E-state index in [1.165, 1.54) is 0 Å². The Hall–Kier alpha value is -2.51. The number of nitrogens with one attached hydrogen (secondary N) is 1. The van der Waals surface area contributed by atoms with Crippen LogP contribution in [0.2, 0.25) is 0 Å². The average Bonchev–Trinajstić information content (AvgIpc) is 3.20. The highest BCUT2D eigenvalue weighted by atomic mass is 32.2. The summed E-state index contributed by atoms with van der Waals surface area (Å²) < 4.78 is 34.6. The van der Waals surface area contributed by atoms with Crippen LogP contribution in [0.5, 0.6) is 5.88 Å². The van der Waals surface area contributed by atoms with Gasteiger partial charge in [-0.3, -0.25) is 4.98 Å². The number of aryl methyl sites for hydroxylation is 1. The minimum Gasteiger partial charge on any atom is -0.474 e. The molecule has 28 heavy (non-hydrogen) atoms. The van der Waals surface area contributed by atoms with Crippen molar-refractivity contribution < 1.29 is 13.2 Å². The van der Waals surface area contributed by atoms with Gasteiger partial charge in [0.1, 0.15) is 11.0 Å². The summed E-state index contributed by atoms with van der Waals surface area (Å²) in [5.74, 6) is 0.503. The lowest BCUT2D eigenvalue weighted by molar-refractivity contribution is 0.199. The third kappa shape index (κ3) is 4.00. The number of pyridine rings is 2. The van der Waals surface area contributed by atoms with E-state index in [9.17, 15) is 8.42 Å². The molecule has 1 aliphatic carbocycles. The number of sulfonamides is 1. The molecular weight excluding hydrogens is 374 g/mol. The van der Waals surface area contributed by atoms with Crippen molar-refractivity contribution in [3.63, 3.8) is 0 Å². The van der Waals surface area contributed by atoms with E-state index >= 15 is 0 Å². The lowest BCUT2D eigenvalue weighted by atomic mass is 10.2. The Kier molecular flexibility index (Phi) is 5.28. The van der Waals surface area contributed by atoms with E-state index in [2.05, 4.69) is 14.7 Å². The second-order valence-corrected chi connectivity index (χ2v) is 8.89. The minimum absolute atomic E-state index is 0.112. The van der Waals surface area contributed by atoms with Gasteiger partial charge in [0, 0.05) is 29.9 Å². The number of nitrogens with zero attached hydrogens (tertiary/aromatic N) is 2. The van der Waals surface area contributed by atoms with Gasteiger partial charge in [-0.05, 0) is 56.4 Å². The van der Waals surface area contributed by atoms with Gasteiger partial charge in [0.15, 0.2) is 0 Å². The summed E-state index contributed by atoms with van der Waals surface area (Å²) in [5, 5.41) is 0.800. The maximum atomic E-state index is 12.9. The van der Waals surface area contributed by atoms with Gasteiger partial charge in [0.05, 0.1) is 5.52 Å². The van der Waals surface area contributed by atoms with E-state index in [4.69, 9.17) is 4.74 Å². The maximum absolute atomic E-state index is 12.9. The van der Waals surface area contributed by atoms with E-state index in [0.29, 0.717) is 11.4 Å². The summed E-state index contributed by atoms with van der Waals surface area (Å²) in [5.41, 5.74) is 2.18. The quantitative estimate of drug-likeness (QED) is 0.685. The predicted octanol–water partition coefficient (Wildman–Crippen LogP) is 3.74. The first-order chi connectivity index (χ1) is 13.5.